The second-order valence-corrected chi connectivity index (χ2v) is 5.86. The first-order valence-corrected chi connectivity index (χ1v) is 7.61. The largest absolute Gasteiger partial charge is 0.398 e. The molecule has 1 nitrogen and oxygen atoms in total. The highest BCUT2D eigenvalue weighted by atomic mass is 32.2. The summed E-state index contributed by atoms with van der Waals surface area (Å²) in [6.07, 6.45) is -4.25. The van der Waals surface area contributed by atoms with E-state index in [1.165, 1.54) is 12.1 Å². The van der Waals surface area contributed by atoms with Gasteiger partial charge in [-0.25, -0.2) is 4.39 Å². The third-order valence-corrected chi connectivity index (χ3v) is 4.20. The van der Waals surface area contributed by atoms with Crippen molar-refractivity contribution in [3.05, 3.63) is 59.4 Å². The number of anilines is 1. The standard InChI is InChI=1S/C16H15F4NS/c1-11-7-13(17)14(8-15(11)22-10-16(18,19)20)21-9-12-5-3-2-4-6-12/h2-8,21H,9-10H2,1H3. The fourth-order valence-electron chi connectivity index (χ4n) is 1.90. The van der Waals surface area contributed by atoms with Crippen LogP contribution in [-0.4, -0.2) is 11.9 Å². The van der Waals surface area contributed by atoms with E-state index in [0.717, 1.165) is 5.56 Å². The van der Waals surface area contributed by atoms with Crippen LogP contribution in [-0.2, 0) is 6.54 Å². The summed E-state index contributed by atoms with van der Waals surface area (Å²) in [5, 5.41) is 2.92. The van der Waals surface area contributed by atoms with Gasteiger partial charge in [0.2, 0.25) is 0 Å². The molecule has 0 aliphatic heterocycles. The van der Waals surface area contributed by atoms with E-state index < -0.39 is 17.7 Å². The van der Waals surface area contributed by atoms with Gasteiger partial charge in [0.05, 0.1) is 11.4 Å². The van der Waals surface area contributed by atoms with Crippen LogP contribution in [0.25, 0.3) is 0 Å². The molecule has 2 aromatic rings. The maximum atomic E-state index is 13.9. The van der Waals surface area contributed by atoms with Crippen LogP contribution < -0.4 is 5.32 Å². The van der Waals surface area contributed by atoms with E-state index in [1.54, 1.807) is 6.92 Å². The molecular weight excluding hydrogens is 314 g/mol. The van der Waals surface area contributed by atoms with E-state index >= 15 is 0 Å². The highest BCUT2D eigenvalue weighted by Crippen LogP contribution is 2.32. The molecule has 0 saturated carbocycles. The minimum Gasteiger partial charge on any atom is -0.379 e. The summed E-state index contributed by atoms with van der Waals surface area (Å²) in [4.78, 5) is 0.425. The summed E-state index contributed by atoms with van der Waals surface area (Å²) in [5.41, 5.74) is 1.67. The minimum atomic E-state index is -4.25. The van der Waals surface area contributed by atoms with Gasteiger partial charge in [0.15, 0.2) is 0 Å². The van der Waals surface area contributed by atoms with E-state index in [-0.39, 0.29) is 5.69 Å². The highest BCUT2D eigenvalue weighted by molar-refractivity contribution is 7.99. The highest BCUT2D eigenvalue weighted by Gasteiger charge is 2.27. The number of alkyl halides is 3. The quantitative estimate of drug-likeness (QED) is 0.582. The topological polar surface area (TPSA) is 12.0 Å². The number of benzene rings is 2. The predicted molar refractivity (Wildman–Crippen MR) is 81.7 cm³/mol. The van der Waals surface area contributed by atoms with Gasteiger partial charge in [-0.3, -0.25) is 0 Å². The summed E-state index contributed by atoms with van der Waals surface area (Å²) in [7, 11) is 0. The van der Waals surface area contributed by atoms with Crippen molar-refractivity contribution < 1.29 is 17.6 Å². The molecule has 1 N–H and O–H groups in total. The van der Waals surface area contributed by atoms with Gasteiger partial charge in [0.1, 0.15) is 5.82 Å². The van der Waals surface area contributed by atoms with Crippen LogP contribution in [0, 0.1) is 12.7 Å². The average Bonchev–Trinajstić information content (AvgIpc) is 2.45. The Hall–Kier alpha value is -1.69. The van der Waals surface area contributed by atoms with Gasteiger partial charge in [0.25, 0.3) is 0 Å². The van der Waals surface area contributed by atoms with Gasteiger partial charge in [-0.15, -0.1) is 11.8 Å². The van der Waals surface area contributed by atoms with Gasteiger partial charge < -0.3 is 5.32 Å². The van der Waals surface area contributed by atoms with Crippen molar-refractivity contribution in [1.82, 2.24) is 0 Å². The third kappa shape index (κ3) is 4.94. The predicted octanol–water partition coefficient (Wildman–Crippen LogP) is 5.40. The molecule has 0 spiro atoms. The fraction of sp³-hybridized carbons (Fsp3) is 0.250. The lowest BCUT2D eigenvalue weighted by molar-refractivity contribution is -0.105. The Morgan fingerprint density at radius 2 is 1.77 bits per heavy atom. The van der Waals surface area contributed by atoms with Crippen LogP contribution in [0.15, 0.2) is 47.4 Å². The van der Waals surface area contributed by atoms with E-state index in [9.17, 15) is 17.6 Å². The normalized spacial score (nSPS) is 11.5. The molecule has 0 aromatic heterocycles. The van der Waals surface area contributed by atoms with Crippen molar-refractivity contribution in [3.8, 4) is 0 Å². The summed E-state index contributed by atoms with van der Waals surface area (Å²) in [6, 6.07) is 12.1. The van der Waals surface area contributed by atoms with E-state index in [1.807, 2.05) is 30.3 Å². The molecule has 0 bridgehead atoms. The molecule has 2 rings (SSSR count). The molecule has 0 unspecified atom stereocenters. The molecule has 0 radical (unpaired) electrons. The van der Waals surface area contributed by atoms with Crippen LogP contribution in [0.4, 0.5) is 23.2 Å². The van der Waals surface area contributed by atoms with Crippen LogP contribution in [0.5, 0.6) is 0 Å². The second kappa shape index (κ2) is 7.05. The van der Waals surface area contributed by atoms with Crippen molar-refractivity contribution in [2.24, 2.45) is 0 Å². The lowest BCUT2D eigenvalue weighted by Crippen LogP contribution is -2.11. The minimum absolute atomic E-state index is 0.208. The van der Waals surface area contributed by atoms with Crippen molar-refractivity contribution in [2.45, 2.75) is 24.5 Å². The van der Waals surface area contributed by atoms with E-state index in [4.69, 9.17) is 0 Å². The van der Waals surface area contributed by atoms with Crippen molar-refractivity contribution in [1.29, 1.82) is 0 Å². The van der Waals surface area contributed by atoms with Gasteiger partial charge >= 0.3 is 6.18 Å². The number of rotatable bonds is 5. The van der Waals surface area contributed by atoms with Gasteiger partial charge in [0, 0.05) is 11.4 Å². The zero-order valence-corrected chi connectivity index (χ0v) is 12.7. The molecular formula is C16H15F4NS. The fourth-order valence-corrected chi connectivity index (χ4v) is 2.70. The van der Waals surface area contributed by atoms with Crippen LogP contribution in [0.2, 0.25) is 0 Å². The van der Waals surface area contributed by atoms with Gasteiger partial charge in [-0.1, -0.05) is 30.3 Å². The molecule has 2 aromatic carbocycles. The molecule has 0 atom stereocenters. The van der Waals surface area contributed by atoms with Crippen molar-refractivity contribution in [2.75, 3.05) is 11.1 Å². The molecule has 6 heteroatoms. The van der Waals surface area contributed by atoms with Crippen molar-refractivity contribution in [3.63, 3.8) is 0 Å². The maximum absolute atomic E-state index is 13.9. The smallest absolute Gasteiger partial charge is 0.379 e. The monoisotopic (exact) mass is 329 g/mol. The zero-order chi connectivity index (χ0) is 16.2. The first kappa shape index (κ1) is 16.7. The number of nitrogens with one attached hydrogen (secondary N) is 1. The Kier molecular flexibility index (Phi) is 5.34. The lowest BCUT2D eigenvalue weighted by Gasteiger charge is -2.13. The summed E-state index contributed by atoms with van der Waals surface area (Å²) >= 11 is 0.667. The first-order valence-electron chi connectivity index (χ1n) is 6.62. The molecule has 0 amide bonds. The molecule has 118 valence electrons. The van der Waals surface area contributed by atoms with Gasteiger partial charge in [-0.2, -0.15) is 13.2 Å². The van der Waals surface area contributed by atoms with Crippen LogP contribution in [0.3, 0.4) is 0 Å². The molecule has 22 heavy (non-hydrogen) atoms. The van der Waals surface area contributed by atoms with E-state index in [0.29, 0.717) is 28.8 Å². The second-order valence-electron chi connectivity index (χ2n) is 4.84. The SMILES string of the molecule is Cc1cc(F)c(NCc2ccccc2)cc1SCC(F)(F)F. The summed E-state index contributed by atoms with van der Waals surface area (Å²) in [5.74, 6) is -1.46. The summed E-state index contributed by atoms with van der Waals surface area (Å²) in [6.45, 7) is 2.01. The van der Waals surface area contributed by atoms with Crippen LogP contribution >= 0.6 is 11.8 Å². The number of thioether (sulfide) groups is 1. The average molecular weight is 329 g/mol. The van der Waals surface area contributed by atoms with Crippen molar-refractivity contribution >= 4 is 17.4 Å². The molecule has 0 fully saturated rings. The van der Waals surface area contributed by atoms with Gasteiger partial charge in [-0.05, 0) is 30.2 Å². The Labute approximate surface area is 130 Å². The molecule has 0 heterocycles. The summed E-state index contributed by atoms with van der Waals surface area (Å²) < 4.78 is 50.8. The third-order valence-electron chi connectivity index (χ3n) is 2.98. The Morgan fingerprint density at radius 1 is 1.09 bits per heavy atom. The number of aryl methyl sites for hydroxylation is 1. The molecule has 0 aliphatic carbocycles. The molecule has 0 aliphatic rings. The lowest BCUT2D eigenvalue weighted by atomic mass is 10.2. The Morgan fingerprint density at radius 3 is 2.41 bits per heavy atom. The number of halogens is 4. The first-order chi connectivity index (χ1) is 10.3. The number of hydrogen-bond donors (Lipinski definition) is 1. The number of hydrogen-bond acceptors (Lipinski definition) is 2. The molecule has 0 saturated heterocycles. The van der Waals surface area contributed by atoms with E-state index in [2.05, 4.69) is 5.32 Å². The maximum Gasteiger partial charge on any atom is 0.398 e. The Bertz CT molecular complexity index is 626. The zero-order valence-electron chi connectivity index (χ0n) is 11.9. The van der Waals surface area contributed by atoms with Crippen LogP contribution in [0.1, 0.15) is 11.1 Å². The Balaban J connectivity index is 2.10.